The number of fused-ring (bicyclic) bond motifs is 1. The maximum Gasteiger partial charge on any atom is 0.250 e. The summed E-state index contributed by atoms with van der Waals surface area (Å²) >= 11 is 0. The Balaban J connectivity index is 2.14. The van der Waals surface area contributed by atoms with Crippen LogP contribution in [-0.2, 0) is 4.79 Å². The van der Waals surface area contributed by atoms with Crippen LogP contribution in [0.15, 0.2) is 18.2 Å². The van der Waals surface area contributed by atoms with E-state index >= 15 is 0 Å². The van der Waals surface area contributed by atoms with E-state index in [1.54, 1.807) is 12.1 Å². The molecular formula is C16H21FN2O. The van der Waals surface area contributed by atoms with Crippen LogP contribution in [0.2, 0.25) is 0 Å². The largest absolute Gasteiger partial charge is 0.353 e. The summed E-state index contributed by atoms with van der Waals surface area (Å²) in [6.07, 6.45) is 5.00. The van der Waals surface area contributed by atoms with Crippen LogP contribution in [0.3, 0.4) is 0 Å². The van der Waals surface area contributed by atoms with Crippen molar-refractivity contribution in [3.05, 3.63) is 24.0 Å². The number of benzene rings is 1. The lowest BCUT2D eigenvalue weighted by atomic mass is 9.77. The number of anilines is 2. The predicted octanol–water partition coefficient (Wildman–Crippen LogP) is 3.70. The number of rotatable bonds is 1. The highest BCUT2D eigenvalue weighted by Gasteiger charge is 2.49. The van der Waals surface area contributed by atoms with Crippen molar-refractivity contribution in [2.24, 2.45) is 0 Å². The van der Waals surface area contributed by atoms with Crippen LogP contribution in [0.4, 0.5) is 15.8 Å². The fraction of sp³-hybridized carbons (Fsp3) is 0.562. The SMILES string of the molecule is CC(C)N1c2cc(F)ccc2NC(=O)C12CCCCC2. The molecule has 3 rings (SSSR count). The highest BCUT2D eigenvalue weighted by atomic mass is 19.1. The van der Waals surface area contributed by atoms with Gasteiger partial charge in [0.1, 0.15) is 11.4 Å². The van der Waals surface area contributed by atoms with Gasteiger partial charge in [0.25, 0.3) is 0 Å². The lowest BCUT2D eigenvalue weighted by Crippen LogP contribution is -2.63. The van der Waals surface area contributed by atoms with Gasteiger partial charge in [-0.1, -0.05) is 19.3 Å². The van der Waals surface area contributed by atoms with Crippen molar-refractivity contribution in [2.75, 3.05) is 10.2 Å². The normalized spacial score (nSPS) is 21.0. The van der Waals surface area contributed by atoms with E-state index in [9.17, 15) is 9.18 Å². The maximum atomic E-state index is 13.6. The summed E-state index contributed by atoms with van der Waals surface area (Å²) in [5.41, 5.74) is 1.05. The van der Waals surface area contributed by atoms with Crippen LogP contribution in [0.1, 0.15) is 46.0 Å². The Morgan fingerprint density at radius 3 is 2.60 bits per heavy atom. The molecule has 1 fully saturated rings. The summed E-state index contributed by atoms with van der Waals surface area (Å²) in [6.45, 7) is 4.15. The summed E-state index contributed by atoms with van der Waals surface area (Å²) in [7, 11) is 0. The molecule has 0 aromatic heterocycles. The molecule has 1 aliphatic heterocycles. The summed E-state index contributed by atoms with van der Waals surface area (Å²) in [5.74, 6) is -0.179. The molecular weight excluding hydrogens is 255 g/mol. The third-order valence-electron chi connectivity index (χ3n) is 4.55. The molecule has 1 spiro atoms. The Morgan fingerprint density at radius 1 is 1.25 bits per heavy atom. The van der Waals surface area contributed by atoms with Gasteiger partial charge in [-0.25, -0.2) is 4.39 Å². The topological polar surface area (TPSA) is 32.3 Å². The summed E-state index contributed by atoms with van der Waals surface area (Å²) in [4.78, 5) is 14.8. The summed E-state index contributed by atoms with van der Waals surface area (Å²) in [5, 5.41) is 2.99. The number of nitrogens with zero attached hydrogens (tertiary/aromatic N) is 1. The number of carbonyl (C=O) groups is 1. The van der Waals surface area contributed by atoms with Crippen molar-refractivity contribution in [3.63, 3.8) is 0 Å². The highest BCUT2D eigenvalue weighted by molar-refractivity contribution is 6.06. The van der Waals surface area contributed by atoms with Crippen LogP contribution >= 0.6 is 0 Å². The van der Waals surface area contributed by atoms with Crippen molar-refractivity contribution in [2.45, 2.75) is 57.5 Å². The van der Waals surface area contributed by atoms with Crippen LogP contribution in [-0.4, -0.2) is 17.5 Å². The summed E-state index contributed by atoms with van der Waals surface area (Å²) < 4.78 is 13.6. The minimum Gasteiger partial charge on any atom is -0.353 e. The van der Waals surface area contributed by atoms with Gasteiger partial charge in [0.2, 0.25) is 5.91 Å². The molecule has 1 aliphatic carbocycles. The number of nitrogens with one attached hydrogen (secondary N) is 1. The smallest absolute Gasteiger partial charge is 0.250 e. The van der Waals surface area contributed by atoms with Gasteiger partial charge in [0.05, 0.1) is 11.4 Å². The van der Waals surface area contributed by atoms with Gasteiger partial charge in [-0.2, -0.15) is 0 Å². The van der Waals surface area contributed by atoms with Crippen molar-refractivity contribution in [3.8, 4) is 0 Å². The van der Waals surface area contributed by atoms with Crippen molar-refractivity contribution >= 4 is 17.3 Å². The van der Waals surface area contributed by atoms with Gasteiger partial charge in [-0.3, -0.25) is 4.79 Å². The van der Waals surface area contributed by atoms with E-state index in [4.69, 9.17) is 0 Å². The Labute approximate surface area is 119 Å². The number of hydrogen-bond donors (Lipinski definition) is 1. The lowest BCUT2D eigenvalue weighted by molar-refractivity contribution is -0.123. The average Bonchev–Trinajstić information content (AvgIpc) is 2.41. The number of halogens is 1. The molecule has 0 unspecified atom stereocenters. The first-order valence-corrected chi connectivity index (χ1v) is 7.45. The molecule has 3 nitrogen and oxygen atoms in total. The van der Waals surface area contributed by atoms with Gasteiger partial charge in [-0.05, 0) is 44.9 Å². The molecule has 1 saturated carbocycles. The molecule has 1 amide bonds. The highest BCUT2D eigenvalue weighted by Crippen LogP contribution is 2.45. The fourth-order valence-corrected chi connectivity index (χ4v) is 3.77. The average molecular weight is 276 g/mol. The second-order valence-electron chi connectivity index (χ2n) is 6.17. The monoisotopic (exact) mass is 276 g/mol. The van der Waals surface area contributed by atoms with E-state index in [1.165, 1.54) is 12.5 Å². The van der Waals surface area contributed by atoms with Crippen molar-refractivity contribution < 1.29 is 9.18 Å². The molecule has 0 radical (unpaired) electrons. The number of hydrogen-bond acceptors (Lipinski definition) is 2. The molecule has 1 heterocycles. The molecule has 1 N–H and O–H groups in total. The summed E-state index contributed by atoms with van der Waals surface area (Å²) in [6, 6.07) is 4.77. The quantitative estimate of drug-likeness (QED) is 0.848. The van der Waals surface area contributed by atoms with Crippen LogP contribution in [0, 0.1) is 5.82 Å². The lowest BCUT2D eigenvalue weighted by Gasteiger charge is -2.51. The molecule has 4 heteroatoms. The Hall–Kier alpha value is -1.58. The standard InChI is InChI=1S/C16H21FN2O/c1-11(2)19-14-10-12(17)6-7-13(14)18-15(20)16(19)8-4-3-5-9-16/h6-7,10-11H,3-5,8-9H2,1-2H3,(H,18,20). The van der Waals surface area contributed by atoms with E-state index in [0.29, 0.717) is 0 Å². The first-order chi connectivity index (χ1) is 9.54. The second-order valence-corrected chi connectivity index (χ2v) is 6.17. The van der Waals surface area contributed by atoms with Crippen molar-refractivity contribution in [1.82, 2.24) is 0 Å². The second kappa shape index (κ2) is 4.76. The predicted molar refractivity (Wildman–Crippen MR) is 78.5 cm³/mol. The Kier molecular flexibility index (Phi) is 3.19. The molecule has 0 saturated heterocycles. The molecule has 108 valence electrons. The van der Waals surface area contributed by atoms with Crippen LogP contribution < -0.4 is 10.2 Å². The van der Waals surface area contributed by atoms with E-state index in [2.05, 4.69) is 24.1 Å². The zero-order valence-corrected chi connectivity index (χ0v) is 12.1. The third-order valence-corrected chi connectivity index (χ3v) is 4.55. The van der Waals surface area contributed by atoms with Gasteiger partial charge >= 0.3 is 0 Å². The van der Waals surface area contributed by atoms with Gasteiger partial charge < -0.3 is 10.2 Å². The molecule has 20 heavy (non-hydrogen) atoms. The molecule has 0 bridgehead atoms. The minimum absolute atomic E-state index is 0.0741. The minimum atomic E-state index is -0.493. The van der Waals surface area contributed by atoms with Gasteiger partial charge in [0, 0.05) is 6.04 Å². The Bertz CT molecular complexity index is 535. The van der Waals surface area contributed by atoms with E-state index in [1.807, 2.05) is 0 Å². The zero-order valence-electron chi connectivity index (χ0n) is 12.1. The van der Waals surface area contributed by atoms with Crippen molar-refractivity contribution in [1.29, 1.82) is 0 Å². The molecule has 1 aromatic carbocycles. The zero-order chi connectivity index (χ0) is 14.3. The van der Waals surface area contributed by atoms with Crippen LogP contribution in [0.5, 0.6) is 0 Å². The number of carbonyl (C=O) groups excluding carboxylic acids is 1. The molecule has 0 atom stereocenters. The van der Waals surface area contributed by atoms with Crippen LogP contribution in [0.25, 0.3) is 0 Å². The number of amides is 1. The molecule has 2 aliphatic rings. The first-order valence-electron chi connectivity index (χ1n) is 7.45. The van der Waals surface area contributed by atoms with E-state index in [-0.39, 0.29) is 17.8 Å². The van der Waals surface area contributed by atoms with E-state index < -0.39 is 5.54 Å². The third kappa shape index (κ3) is 1.89. The Morgan fingerprint density at radius 2 is 1.95 bits per heavy atom. The van der Waals surface area contributed by atoms with E-state index in [0.717, 1.165) is 37.1 Å². The van der Waals surface area contributed by atoms with Gasteiger partial charge in [0.15, 0.2) is 0 Å². The van der Waals surface area contributed by atoms with Gasteiger partial charge in [-0.15, -0.1) is 0 Å². The molecule has 1 aromatic rings. The fourth-order valence-electron chi connectivity index (χ4n) is 3.77. The maximum absolute atomic E-state index is 13.6. The first kappa shape index (κ1) is 13.4.